The Morgan fingerprint density at radius 3 is 2.90 bits per heavy atom. The fraction of sp³-hybridized carbons (Fsp3) is 0.375. The number of fused-ring (bicyclic) bond motifs is 1. The van der Waals surface area contributed by atoms with E-state index >= 15 is 0 Å². The number of esters is 1. The van der Waals surface area contributed by atoms with Crippen molar-refractivity contribution in [1.82, 2.24) is 4.98 Å². The Labute approximate surface area is 118 Å². The van der Waals surface area contributed by atoms with Crippen LogP contribution in [0.4, 0.5) is 5.82 Å². The van der Waals surface area contributed by atoms with Crippen molar-refractivity contribution in [1.29, 1.82) is 0 Å². The standard InChI is InChI=1S/C16H18N2O2/c1-11-9-18(10-14(11)16(19)20-2)15-13-6-4-3-5-12(13)7-8-17-15/h3-8,11,14H,9-10H2,1-2H3. The Morgan fingerprint density at radius 1 is 1.30 bits per heavy atom. The number of nitrogens with zero attached hydrogens (tertiary/aromatic N) is 2. The lowest BCUT2D eigenvalue weighted by atomic mass is 9.99. The van der Waals surface area contributed by atoms with E-state index in [1.54, 1.807) is 0 Å². The second kappa shape index (κ2) is 5.12. The van der Waals surface area contributed by atoms with E-state index in [1.807, 2.05) is 24.4 Å². The largest absolute Gasteiger partial charge is 0.469 e. The third-order valence-corrected chi connectivity index (χ3v) is 4.07. The fourth-order valence-corrected chi connectivity index (χ4v) is 2.95. The summed E-state index contributed by atoms with van der Waals surface area (Å²) in [6.07, 6.45) is 1.83. The van der Waals surface area contributed by atoms with Crippen molar-refractivity contribution in [3.05, 3.63) is 36.5 Å². The molecule has 1 aromatic carbocycles. The smallest absolute Gasteiger partial charge is 0.310 e. The van der Waals surface area contributed by atoms with E-state index < -0.39 is 0 Å². The Morgan fingerprint density at radius 2 is 2.10 bits per heavy atom. The molecule has 1 aliphatic rings. The van der Waals surface area contributed by atoms with Crippen molar-refractivity contribution < 1.29 is 9.53 Å². The lowest BCUT2D eigenvalue weighted by Crippen LogP contribution is -2.24. The highest BCUT2D eigenvalue weighted by atomic mass is 16.5. The lowest BCUT2D eigenvalue weighted by Gasteiger charge is -2.19. The molecule has 2 aromatic rings. The van der Waals surface area contributed by atoms with Crippen molar-refractivity contribution >= 4 is 22.6 Å². The van der Waals surface area contributed by atoms with Gasteiger partial charge in [0.1, 0.15) is 5.82 Å². The summed E-state index contributed by atoms with van der Waals surface area (Å²) in [6.45, 7) is 3.60. The summed E-state index contributed by atoms with van der Waals surface area (Å²) in [5.74, 6) is 1.05. The SMILES string of the molecule is COC(=O)C1CN(c2nccc3ccccc23)CC1C. The summed E-state index contributed by atoms with van der Waals surface area (Å²) >= 11 is 0. The first-order valence-electron chi connectivity index (χ1n) is 6.87. The van der Waals surface area contributed by atoms with Crippen molar-refractivity contribution in [2.45, 2.75) is 6.92 Å². The number of methoxy groups -OCH3 is 1. The summed E-state index contributed by atoms with van der Waals surface area (Å²) in [7, 11) is 1.45. The van der Waals surface area contributed by atoms with Crippen LogP contribution in [0.2, 0.25) is 0 Å². The molecule has 1 saturated heterocycles. The quantitative estimate of drug-likeness (QED) is 0.786. The van der Waals surface area contributed by atoms with Crippen LogP contribution in [0.3, 0.4) is 0 Å². The van der Waals surface area contributed by atoms with Gasteiger partial charge < -0.3 is 9.64 Å². The fourth-order valence-electron chi connectivity index (χ4n) is 2.95. The van der Waals surface area contributed by atoms with E-state index in [-0.39, 0.29) is 17.8 Å². The van der Waals surface area contributed by atoms with E-state index in [0.717, 1.165) is 17.7 Å². The molecular formula is C16H18N2O2. The predicted octanol–water partition coefficient (Wildman–Crippen LogP) is 2.48. The number of pyridine rings is 1. The summed E-state index contributed by atoms with van der Waals surface area (Å²) in [4.78, 5) is 18.5. The van der Waals surface area contributed by atoms with Gasteiger partial charge in [-0.15, -0.1) is 0 Å². The molecule has 2 atom stereocenters. The molecule has 0 radical (unpaired) electrons. The molecule has 0 bridgehead atoms. The maximum atomic E-state index is 11.8. The number of hydrogen-bond acceptors (Lipinski definition) is 4. The maximum absolute atomic E-state index is 11.8. The molecule has 0 aliphatic carbocycles. The molecule has 104 valence electrons. The Bertz CT molecular complexity index is 636. The van der Waals surface area contributed by atoms with Crippen molar-refractivity contribution in [2.24, 2.45) is 11.8 Å². The maximum Gasteiger partial charge on any atom is 0.310 e. The summed E-state index contributed by atoms with van der Waals surface area (Å²) in [5, 5.41) is 2.30. The molecule has 0 spiro atoms. The molecule has 0 amide bonds. The van der Waals surface area contributed by atoms with E-state index in [2.05, 4.69) is 28.9 Å². The predicted molar refractivity (Wildman–Crippen MR) is 78.6 cm³/mol. The number of benzene rings is 1. The van der Waals surface area contributed by atoms with Crippen molar-refractivity contribution in [3.63, 3.8) is 0 Å². The minimum Gasteiger partial charge on any atom is -0.469 e. The van der Waals surface area contributed by atoms with Gasteiger partial charge in [0, 0.05) is 24.7 Å². The van der Waals surface area contributed by atoms with E-state index in [9.17, 15) is 4.79 Å². The minimum absolute atomic E-state index is 0.0687. The molecule has 3 rings (SSSR count). The van der Waals surface area contributed by atoms with Crippen LogP contribution in [0.5, 0.6) is 0 Å². The van der Waals surface area contributed by atoms with Gasteiger partial charge in [-0.3, -0.25) is 4.79 Å². The van der Waals surface area contributed by atoms with Crippen LogP contribution in [0.25, 0.3) is 10.8 Å². The first-order valence-corrected chi connectivity index (χ1v) is 6.87. The molecule has 4 nitrogen and oxygen atoms in total. The van der Waals surface area contributed by atoms with Gasteiger partial charge in [-0.05, 0) is 17.4 Å². The molecule has 0 saturated carbocycles. The number of carbonyl (C=O) groups is 1. The molecule has 20 heavy (non-hydrogen) atoms. The van der Waals surface area contributed by atoms with Crippen LogP contribution >= 0.6 is 0 Å². The van der Waals surface area contributed by atoms with Crippen LogP contribution in [-0.2, 0) is 9.53 Å². The number of ether oxygens (including phenoxy) is 1. The third kappa shape index (κ3) is 2.11. The van der Waals surface area contributed by atoms with Crippen LogP contribution in [-0.4, -0.2) is 31.2 Å². The first-order chi connectivity index (χ1) is 9.70. The van der Waals surface area contributed by atoms with Gasteiger partial charge in [0.05, 0.1) is 13.0 Å². The summed E-state index contributed by atoms with van der Waals surface area (Å²) < 4.78 is 4.89. The first kappa shape index (κ1) is 12.9. The molecule has 2 unspecified atom stereocenters. The molecule has 4 heteroatoms. The zero-order chi connectivity index (χ0) is 14.1. The zero-order valence-electron chi connectivity index (χ0n) is 11.7. The average molecular weight is 270 g/mol. The minimum atomic E-state index is -0.125. The van der Waals surface area contributed by atoms with Crippen molar-refractivity contribution in [2.75, 3.05) is 25.1 Å². The molecule has 0 N–H and O–H groups in total. The normalized spacial score (nSPS) is 22.2. The number of hydrogen-bond donors (Lipinski definition) is 0. The van der Waals surface area contributed by atoms with Gasteiger partial charge in [-0.25, -0.2) is 4.98 Å². The molecule has 1 aliphatic heterocycles. The number of carbonyl (C=O) groups excluding carboxylic acids is 1. The molecule has 2 heterocycles. The van der Waals surface area contributed by atoms with Gasteiger partial charge in [-0.2, -0.15) is 0 Å². The van der Waals surface area contributed by atoms with Crippen LogP contribution in [0.15, 0.2) is 36.5 Å². The van der Waals surface area contributed by atoms with Gasteiger partial charge in [0.25, 0.3) is 0 Å². The highest BCUT2D eigenvalue weighted by molar-refractivity contribution is 5.92. The second-order valence-electron chi connectivity index (χ2n) is 5.37. The lowest BCUT2D eigenvalue weighted by molar-refractivity contribution is -0.145. The molecular weight excluding hydrogens is 252 g/mol. The topological polar surface area (TPSA) is 42.4 Å². The number of rotatable bonds is 2. The van der Waals surface area contributed by atoms with Crippen LogP contribution in [0.1, 0.15) is 6.92 Å². The number of aromatic nitrogens is 1. The molecule has 1 fully saturated rings. The third-order valence-electron chi connectivity index (χ3n) is 4.07. The zero-order valence-corrected chi connectivity index (χ0v) is 11.7. The van der Waals surface area contributed by atoms with Gasteiger partial charge in [0.2, 0.25) is 0 Å². The number of anilines is 1. The Hall–Kier alpha value is -2.10. The highest BCUT2D eigenvalue weighted by Crippen LogP contribution is 2.31. The molecule has 1 aromatic heterocycles. The van der Waals surface area contributed by atoms with Crippen LogP contribution < -0.4 is 4.90 Å². The Kier molecular flexibility index (Phi) is 3.30. The Balaban J connectivity index is 1.95. The highest BCUT2D eigenvalue weighted by Gasteiger charge is 2.36. The van der Waals surface area contributed by atoms with Gasteiger partial charge >= 0.3 is 5.97 Å². The van der Waals surface area contributed by atoms with Crippen molar-refractivity contribution in [3.8, 4) is 0 Å². The van der Waals surface area contributed by atoms with Gasteiger partial charge in [-0.1, -0.05) is 31.2 Å². The average Bonchev–Trinajstić information content (AvgIpc) is 2.87. The van der Waals surface area contributed by atoms with E-state index in [0.29, 0.717) is 6.54 Å². The summed E-state index contributed by atoms with van der Waals surface area (Å²) in [6, 6.07) is 10.2. The van der Waals surface area contributed by atoms with E-state index in [1.165, 1.54) is 12.5 Å². The van der Waals surface area contributed by atoms with E-state index in [4.69, 9.17) is 4.74 Å². The second-order valence-corrected chi connectivity index (χ2v) is 5.37. The van der Waals surface area contributed by atoms with Gasteiger partial charge in [0.15, 0.2) is 0 Å². The monoisotopic (exact) mass is 270 g/mol. The van der Waals surface area contributed by atoms with Crippen LogP contribution in [0, 0.1) is 11.8 Å². The summed E-state index contributed by atoms with van der Waals surface area (Å²) in [5.41, 5.74) is 0.